The molecule has 1 saturated carbocycles. The normalized spacial score (nSPS) is 21.7. The number of carbonyl (C=O) groups is 1. The van der Waals surface area contributed by atoms with E-state index >= 15 is 0 Å². The van der Waals surface area contributed by atoms with Gasteiger partial charge >= 0.3 is 0 Å². The highest BCUT2D eigenvalue weighted by Crippen LogP contribution is 2.36. The van der Waals surface area contributed by atoms with E-state index in [2.05, 4.69) is 36.1 Å². The average molecular weight is 456 g/mol. The van der Waals surface area contributed by atoms with Gasteiger partial charge < -0.3 is 5.32 Å². The lowest BCUT2D eigenvalue weighted by Crippen LogP contribution is -2.55. The van der Waals surface area contributed by atoms with E-state index in [0.29, 0.717) is 5.52 Å². The van der Waals surface area contributed by atoms with Crippen molar-refractivity contribution in [3.05, 3.63) is 33.7 Å². The Hall–Kier alpha value is -2.19. The molecule has 1 atom stereocenters. The third kappa shape index (κ3) is 3.77. The zero-order valence-corrected chi connectivity index (χ0v) is 20.1. The standard InChI is InChI=1S/C24H33N5O2S/c1-16(2)21-26-28(22(31)19-13-17-8-12-32-23(17)29(19)21)15-20(30)25-18-7-6-11-27(14-18)24(3)9-4-5-10-24/h8,12-13,16,18H,4-7,9-11,14-15H2,1-3H3,(H,25,30)/t18-/m1/s1. The Labute approximate surface area is 192 Å². The minimum atomic E-state index is -0.211. The van der Waals surface area contributed by atoms with Gasteiger partial charge in [0.1, 0.15) is 22.7 Å². The molecule has 1 N–H and O–H groups in total. The lowest BCUT2D eigenvalue weighted by molar-refractivity contribution is -0.123. The van der Waals surface area contributed by atoms with Crippen LogP contribution in [0.4, 0.5) is 0 Å². The van der Waals surface area contributed by atoms with Gasteiger partial charge in [-0.25, -0.2) is 4.68 Å². The molecule has 2 fully saturated rings. The van der Waals surface area contributed by atoms with Gasteiger partial charge in [-0.3, -0.25) is 18.9 Å². The van der Waals surface area contributed by atoms with Crippen LogP contribution in [0, 0.1) is 0 Å². The molecule has 8 heteroatoms. The highest BCUT2D eigenvalue weighted by Gasteiger charge is 2.37. The third-order valence-electron chi connectivity index (χ3n) is 7.36. The van der Waals surface area contributed by atoms with Crippen LogP contribution in [0.5, 0.6) is 0 Å². The van der Waals surface area contributed by atoms with Crippen molar-refractivity contribution in [2.45, 2.75) is 83.3 Å². The largest absolute Gasteiger partial charge is 0.350 e. The van der Waals surface area contributed by atoms with Crippen LogP contribution in [0.2, 0.25) is 0 Å². The summed E-state index contributed by atoms with van der Waals surface area (Å²) in [4.78, 5) is 29.7. The Balaban J connectivity index is 1.35. The van der Waals surface area contributed by atoms with Gasteiger partial charge in [0.15, 0.2) is 0 Å². The highest BCUT2D eigenvalue weighted by atomic mass is 32.1. The molecule has 0 spiro atoms. The minimum absolute atomic E-state index is 0.0400. The highest BCUT2D eigenvalue weighted by molar-refractivity contribution is 7.16. The van der Waals surface area contributed by atoms with Crippen molar-refractivity contribution in [3.63, 3.8) is 0 Å². The van der Waals surface area contributed by atoms with E-state index in [-0.39, 0.29) is 35.5 Å². The Kier molecular flexibility index (Phi) is 5.61. The monoisotopic (exact) mass is 455 g/mol. The fourth-order valence-corrected chi connectivity index (χ4v) is 6.49. The number of fused-ring (bicyclic) bond motifs is 3. The summed E-state index contributed by atoms with van der Waals surface area (Å²) in [6.07, 6.45) is 7.20. The maximum absolute atomic E-state index is 13.2. The summed E-state index contributed by atoms with van der Waals surface area (Å²) in [6, 6.07) is 4.07. The van der Waals surface area contributed by atoms with E-state index in [4.69, 9.17) is 0 Å². The second kappa shape index (κ2) is 8.30. The van der Waals surface area contributed by atoms with Gasteiger partial charge in [0, 0.05) is 29.4 Å². The molecule has 7 nitrogen and oxygen atoms in total. The molecule has 1 saturated heterocycles. The van der Waals surface area contributed by atoms with Crippen molar-refractivity contribution in [1.29, 1.82) is 0 Å². The first kappa shape index (κ1) is 21.6. The van der Waals surface area contributed by atoms with E-state index in [1.807, 2.05) is 21.9 Å². The molecule has 0 aromatic carbocycles. The molecule has 4 heterocycles. The molecule has 0 bridgehead atoms. The molecule has 2 aliphatic rings. The smallest absolute Gasteiger partial charge is 0.291 e. The molecule has 0 unspecified atom stereocenters. The topological polar surface area (TPSA) is 71.6 Å². The maximum Gasteiger partial charge on any atom is 0.291 e. The summed E-state index contributed by atoms with van der Waals surface area (Å²) >= 11 is 1.61. The van der Waals surface area contributed by atoms with E-state index in [0.717, 1.165) is 42.0 Å². The van der Waals surface area contributed by atoms with Crippen molar-refractivity contribution < 1.29 is 4.79 Å². The zero-order chi connectivity index (χ0) is 22.5. The van der Waals surface area contributed by atoms with Crippen molar-refractivity contribution >= 4 is 33.0 Å². The van der Waals surface area contributed by atoms with Gasteiger partial charge in [0.2, 0.25) is 5.91 Å². The van der Waals surface area contributed by atoms with Gasteiger partial charge in [0.25, 0.3) is 5.56 Å². The van der Waals surface area contributed by atoms with Gasteiger partial charge in [-0.1, -0.05) is 26.7 Å². The first-order valence-corrected chi connectivity index (χ1v) is 12.8. The van der Waals surface area contributed by atoms with Crippen LogP contribution in [0.3, 0.4) is 0 Å². The third-order valence-corrected chi connectivity index (χ3v) is 8.27. The summed E-state index contributed by atoms with van der Waals surface area (Å²) in [5.74, 6) is 0.808. The number of hydrogen-bond donors (Lipinski definition) is 1. The van der Waals surface area contributed by atoms with Crippen LogP contribution < -0.4 is 10.9 Å². The van der Waals surface area contributed by atoms with E-state index < -0.39 is 0 Å². The predicted octanol–water partition coefficient (Wildman–Crippen LogP) is 3.75. The first-order chi connectivity index (χ1) is 15.4. The molecule has 1 amide bonds. The van der Waals surface area contributed by atoms with Crippen molar-refractivity contribution in [2.75, 3.05) is 13.1 Å². The molecule has 32 heavy (non-hydrogen) atoms. The summed E-state index contributed by atoms with van der Waals surface area (Å²) < 4.78 is 3.31. The number of nitrogens with one attached hydrogen (secondary N) is 1. The van der Waals surface area contributed by atoms with Gasteiger partial charge in [0.05, 0.1) is 0 Å². The second-order valence-electron chi connectivity index (χ2n) is 10.1. The second-order valence-corrected chi connectivity index (χ2v) is 11.0. The van der Waals surface area contributed by atoms with Crippen LogP contribution in [0.15, 0.2) is 22.3 Å². The zero-order valence-electron chi connectivity index (χ0n) is 19.3. The van der Waals surface area contributed by atoms with Crippen LogP contribution in [0.1, 0.15) is 71.0 Å². The number of hydrogen-bond acceptors (Lipinski definition) is 5. The van der Waals surface area contributed by atoms with Crippen LogP contribution in [-0.2, 0) is 11.3 Å². The number of piperidine rings is 1. The number of carbonyl (C=O) groups excluding carboxylic acids is 1. The number of thiophene rings is 1. The fraction of sp³-hybridized carbons (Fsp3) is 0.625. The Morgan fingerprint density at radius 2 is 2.09 bits per heavy atom. The molecule has 1 aliphatic heterocycles. The molecule has 5 rings (SSSR count). The van der Waals surface area contributed by atoms with E-state index in [1.165, 1.54) is 30.4 Å². The van der Waals surface area contributed by atoms with Crippen molar-refractivity contribution in [2.24, 2.45) is 0 Å². The summed E-state index contributed by atoms with van der Waals surface area (Å²) in [5.41, 5.74) is 0.661. The molecule has 172 valence electrons. The summed E-state index contributed by atoms with van der Waals surface area (Å²) in [6.45, 7) is 8.48. The molecular weight excluding hydrogens is 422 g/mol. The molecule has 3 aromatic rings. The Bertz CT molecular complexity index is 1200. The Morgan fingerprint density at radius 3 is 2.84 bits per heavy atom. The number of amides is 1. The number of nitrogens with zero attached hydrogens (tertiary/aromatic N) is 4. The average Bonchev–Trinajstić information content (AvgIpc) is 3.47. The predicted molar refractivity (Wildman–Crippen MR) is 129 cm³/mol. The van der Waals surface area contributed by atoms with Crippen molar-refractivity contribution in [3.8, 4) is 0 Å². The SMILES string of the molecule is CC(C)c1nn(CC(=O)N[C@@H]2CCCN(C3(C)CCCC3)C2)c(=O)c2cc3ccsc3n12. The fourth-order valence-electron chi connectivity index (χ4n) is 5.58. The Morgan fingerprint density at radius 1 is 1.31 bits per heavy atom. The van der Waals surface area contributed by atoms with Crippen LogP contribution in [-0.4, -0.2) is 49.7 Å². The molecule has 1 aliphatic carbocycles. The summed E-state index contributed by atoms with van der Waals surface area (Å²) in [7, 11) is 0. The van der Waals surface area contributed by atoms with E-state index in [9.17, 15) is 9.59 Å². The van der Waals surface area contributed by atoms with Crippen LogP contribution >= 0.6 is 11.3 Å². The number of rotatable bonds is 5. The lowest BCUT2D eigenvalue weighted by atomic mass is 9.93. The maximum atomic E-state index is 13.2. The number of aromatic nitrogens is 3. The first-order valence-electron chi connectivity index (χ1n) is 11.9. The summed E-state index contributed by atoms with van der Waals surface area (Å²) in [5, 5.41) is 10.9. The van der Waals surface area contributed by atoms with Crippen molar-refractivity contribution in [1.82, 2.24) is 24.4 Å². The van der Waals surface area contributed by atoms with Gasteiger partial charge in [-0.05, 0) is 56.7 Å². The molecular formula is C24H33N5O2S. The minimum Gasteiger partial charge on any atom is -0.350 e. The van der Waals surface area contributed by atoms with Crippen LogP contribution in [0.25, 0.3) is 15.7 Å². The van der Waals surface area contributed by atoms with Gasteiger partial charge in [-0.2, -0.15) is 5.10 Å². The van der Waals surface area contributed by atoms with Gasteiger partial charge in [-0.15, -0.1) is 11.3 Å². The van der Waals surface area contributed by atoms with E-state index in [1.54, 1.807) is 11.3 Å². The lowest BCUT2D eigenvalue weighted by Gasteiger charge is -2.43. The quantitative estimate of drug-likeness (QED) is 0.636. The molecule has 3 aromatic heterocycles. The molecule has 0 radical (unpaired) electrons. The number of likely N-dealkylation sites (tertiary alicyclic amines) is 1.